The number of phenols is 1. The predicted octanol–water partition coefficient (Wildman–Crippen LogP) is 2.69. The van der Waals surface area contributed by atoms with Crippen molar-refractivity contribution in [3.05, 3.63) is 54.1 Å². The van der Waals surface area contributed by atoms with Crippen molar-refractivity contribution in [1.29, 1.82) is 0 Å². The highest BCUT2D eigenvalue weighted by molar-refractivity contribution is 6.44. The Bertz CT molecular complexity index is 684. The van der Waals surface area contributed by atoms with Gasteiger partial charge in [0.1, 0.15) is 5.75 Å². The molecule has 0 saturated carbocycles. The topological polar surface area (TPSA) is 69.6 Å². The third kappa shape index (κ3) is 3.44. The predicted molar refractivity (Wildman–Crippen MR) is 85.9 cm³/mol. The first-order valence-electron chi connectivity index (χ1n) is 7.00. The van der Waals surface area contributed by atoms with Crippen molar-refractivity contribution >= 4 is 23.2 Å². The van der Waals surface area contributed by atoms with Crippen molar-refractivity contribution in [2.75, 3.05) is 16.8 Å². The lowest BCUT2D eigenvalue weighted by Gasteiger charge is -2.20. The molecule has 2 amide bonds. The fraction of sp³-hybridized carbons (Fsp3) is 0.176. The summed E-state index contributed by atoms with van der Waals surface area (Å²) in [7, 11) is 0. The Morgan fingerprint density at radius 3 is 2.41 bits per heavy atom. The molecule has 5 heteroatoms. The number of amides is 2. The molecule has 114 valence electrons. The highest BCUT2D eigenvalue weighted by Crippen LogP contribution is 2.20. The van der Waals surface area contributed by atoms with Crippen LogP contribution >= 0.6 is 0 Å². The van der Waals surface area contributed by atoms with E-state index in [4.69, 9.17) is 0 Å². The molecule has 22 heavy (non-hydrogen) atoms. The van der Waals surface area contributed by atoms with Crippen molar-refractivity contribution in [1.82, 2.24) is 0 Å². The van der Waals surface area contributed by atoms with Crippen molar-refractivity contribution in [2.45, 2.75) is 13.8 Å². The summed E-state index contributed by atoms with van der Waals surface area (Å²) in [5, 5.41) is 11.9. The van der Waals surface area contributed by atoms with Crippen LogP contribution in [0.1, 0.15) is 12.5 Å². The van der Waals surface area contributed by atoms with Crippen LogP contribution in [0.25, 0.3) is 0 Å². The smallest absolute Gasteiger partial charge is 0.316 e. The molecule has 0 unspecified atom stereocenters. The van der Waals surface area contributed by atoms with Gasteiger partial charge in [-0.15, -0.1) is 0 Å². The van der Waals surface area contributed by atoms with Gasteiger partial charge in [0.05, 0.1) is 0 Å². The van der Waals surface area contributed by atoms with Crippen LogP contribution in [0.4, 0.5) is 11.4 Å². The van der Waals surface area contributed by atoms with E-state index in [-0.39, 0.29) is 5.75 Å². The fourth-order valence-corrected chi connectivity index (χ4v) is 2.14. The van der Waals surface area contributed by atoms with Crippen LogP contribution in [0.5, 0.6) is 5.75 Å². The molecule has 0 radical (unpaired) electrons. The van der Waals surface area contributed by atoms with Crippen LogP contribution < -0.4 is 10.2 Å². The van der Waals surface area contributed by atoms with Gasteiger partial charge in [-0.3, -0.25) is 9.59 Å². The van der Waals surface area contributed by atoms with E-state index in [2.05, 4.69) is 5.32 Å². The normalized spacial score (nSPS) is 10.1. The van der Waals surface area contributed by atoms with Crippen LogP contribution in [0.2, 0.25) is 0 Å². The summed E-state index contributed by atoms with van der Waals surface area (Å²) in [6.45, 7) is 3.95. The number of rotatable bonds is 3. The van der Waals surface area contributed by atoms with Gasteiger partial charge in [-0.2, -0.15) is 0 Å². The van der Waals surface area contributed by atoms with Gasteiger partial charge < -0.3 is 15.3 Å². The zero-order chi connectivity index (χ0) is 16.1. The molecule has 2 aromatic rings. The molecule has 5 nitrogen and oxygen atoms in total. The molecular formula is C17H18N2O3. The van der Waals surface area contributed by atoms with Gasteiger partial charge in [0, 0.05) is 17.9 Å². The lowest BCUT2D eigenvalue weighted by Crippen LogP contribution is -2.39. The highest BCUT2D eigenvalue weighted by atomic mass is 16.3. The minimum atomic E-state index is -0.709. The van der Waals surface area contributed by atoms with E-state index in [1.807, 2.05) is 25.1 Å². The Balaban J connectivity index is 2.16. The summed E-state index contributed by atoms with van der Waals surface area (Å²) in [4.78, 5) is 25.9. The van der Waals surface area contributed by atoms with Gasteiger partial charge in [-0.1, -0.05) is 18.2 Å². The largest absolute Gasteiger partial charge is 0.508 e. The van der Waals surface area contributed by atoms with E-state index in [0.29, 0.717) is 23.5 Å². The number of aryl methyl sites for hydroxylation is 1. The number of carbonyl (C=O) groups is 2. The van der Waals surface area contributed by atoms with Crippen LogP contribution in [0.15, 0.2) is 48.5 Å². The Kier molecular flexibility index (Phi) is 4.78. The van der Waals surface area contributed by atoms with Gasteiger partial charge in [0.25, 0.3) is 0 Å². The van der Waals surface area contributed by atoms with Gasteiger partial charge in [0.2, 0.25) is 0 Å². The number of aromatic hydroxyl groups is 1. The maximum absolute atomic E-state index is 12.3. The van der Waals surface area contributed by atoms with Crippen molar-refractivity contribution in [2.24, 2.45) is 0 Å². The molecule has 2 N–H and O–H groups in total. The Hall–Kier alpha value is -2.82. The summed E-state index contributed by atoms with van der Waals surface area (Å²) in [5.74, 6) is -1.22. The Labute approximate surface area is 129 Å². The number of nitrogens with zero attached hydrogens (tertiary/aromatic N) is 1. The lowest BCUT2D eigenvalue weighted by atomic mass is 10.2. The summed E-state index contributed by atoms with van der Waals surface area (Å²) in [6, 6.07) is 13.6. The average Bonchev–Trinajstić information content (AvgIpc) is 2.51. The maximum atomic E-state index is 12.3. The number of benzene rings is 2. The molecular weight excluding hydrogens is 280 g/mol. The standard InChI is InChI=1S/C17H18N2O3/c1-3-19(13-7-5-4-6-8-13)17(22)16(21)18-15-10-9-14(20)11-12(15)2/h4-11,20H,3H2,1-2H3,(H,18,21). The van der Waals surface area contributed by atoms with Crippen molar-refractivity contribution in [3.63, 3.8) is 0 Å². The minimum absolute atomic E-state index is 0.112. The number of hydrogen-bond acceptors (Lipinski definition) is 3. The Morgan fingerprint density at radius 1 is 1.14 bits per heavy atom. The Morgan fingerprint density at radius 2 is 1.82 bits per heavy atom. The van der Waals surface area contributed by atoms with Gasteiger partial charge in [-0.05, 0) is 49.7 Å². The second kappa shape index (κ2) is 6.76. The molecule has 0 spiro atoms. The SMILES string of the molecule is CCN(C(=O)C(=O)Nc1ccc(O)cc1C)c1ccccc1. The molecule has 0 aliphatic carbocycles. The zero-order valence-electron chi connectivity index (χ0n) is 12.5. The van der Waals surface area contributed by atoms with Crippen molar-refractivity contribution in [3.8, 4) is 5.75 Å². The van der Waals surface area contributed by atoms with Crippen LogP contribution in [0, 0.1) is 6.92 Å². The molecule has 2 rings (SSSR count). The lowest BCUT2D eigenvalue weighted by molar-refractivity contribution is -0.134. The molecule has 0 heterocycles. The molecule has 0 atom stereocenters. The second-order valence-electron chi connectivity index (χ2n) is 4.84. The summed E-state index contributed by atoms with van der Waals surface area (Å²) < 4.78 is 0. The molecule has 0 fully saturated rings. The van der Waals surface area contributed by atoms with E-state index in [1.165, 1.54) is 17.0 Å². The van der Waals surface area contributed by atoms with E-state index in [1.54, 1.807) is 25.1 Å². The summed E-state index contributed by atoms with van der Waals surface area (Å²) in [5.41, 5.74) is 1.86. The van der Waals surface area contributed by atoms with E-state index < -0.39 is 11.8 Å². The quantitative estimate of drug-likeness (QED) is 0.676. The number of hydrogen-bond donors (Lipinski definition) is 2. The number of para-hydroxylation sites is 1. The molecule has 0 bridgehead atoms. The zero-order valence-corrected chi connectivity index (χ0v) is 12.5. The molecule has 0 aliphatic rings. The number of anilines is 2. The number of likely N-dealkylation sites (N-methyl/N-ethyl adjacent to an activating group) is 1. The summed E-state index contributed by atoms with van der Waals surface area (Å²) >= 11 is 0. The molecule has 2 aromatic carbocycles. The van der Waals surface area contributed by atoms with E-state index in [0.717, 1.165) is 0 Å². The molecule has 0 aliphatic heterocycles. The monoisotopic (exact) mass is 298 g/mol. The highest BCUT2D eigenvalue weighted by Gasteiger charge is 2.22. The van der Waals surface area contributed by atoms with Crippen LogP contribution in [0.3, 0.4) is 0 Å². The number of nitrogens with one attached hydrogen (secondary N) is 1. The molecule has 0 aromatic heterocycles. The van der Waals surface area contributed by atoms with Gasteiger partial charge in [0.15, 0.2) is 0 Å². The first-order chi connectivity index (χ1) is 10.5. The third-order valence-corrected chi connectivity index (χ3v) is 3.28. The second-order valence-corrected chi connectivity index (χ2v) is 4.84. The third-order valence-electron chi connectivity index (χ3n) is 3.28. The van der Waals surface area contributed by atoms with E-state index >= 15 is 0 Å². The first-order valence-corrected chi connectivity index (χ1v) is 7.00. The van der Waals surface area contributed by atoms with Crippen LogP contribution in [-0.2, 0) is 9.59 Å². The number of phenolic OH excluding ortho intramolecular Hbond substituents is 1. The van der Waals surface area contributed by atoms with Crippen molar-refractivity contribution < 1.29 is 14.7 Å². The van der Waals surface area contributed by atoms with E-state index in [9.17, 15) is 14.7 Å². The average molecular weight is 298 g/mol. The minimum Gasteiger partial charge on any atom is -0.508 e. The summed E-state index contributed by atoms with van der Waals surface area (Å²) in [6.07, 6.45) is 0. The molecule has 0 saturated heterocycles. The van der Waals surface area contributed by atoms with Gasteiger partial charge >= 0.3 is 11.8 Å². The first kappa shape index (κ1) is 15.6. The van der Waals surface area contributed by atoms with Crippen LogP contribution in [-0.4, -0.2) is 23.5 Å². The maximum Gasteiger partial charge on any atom is 0.316 e. The fourth-order valence-electron chi connectivity index (χ4n) is 2.14. The number of carbonyl (C=O) groups excluding carboxylic acids is 2. The van der Waals surface area contributed by atoms with Gasteiger partial charge in [-0.25, -0.2) is 0 Å².